The van der Waals surface area contributed by atoms with Crippen molar-refractivity contribution < 1.29 is 5.11 Å². The first-order valence-electron chi connectivity index (χ1n) is 6.91. The van der Waals surface area contributed by atoms with E-state index in [1.54, 1.807) is 0 Å². The van der Waals surface area contributed by atoms with Crippen LogP contribution in [0.3, 0.4) is 0 Å². The highest BCUT2D eigenvalue weighted by molar-refractivity contribution is 4.92. The van der Waals surface area contributed by atoms with Gasteiger partial charge < -0.3 is 15.7 Å². The monoisotopic (exact) mass is 226 g/mol. The average molecular weight is 226 g/mol. The summed E-state index contributed by atoms with van der Waals surface area (Å²) in [5.74, 6) is 0.783. The Labute approximate surface area is 99.0 Å². The molecule has 2 fully saturated rings. The average Bonchev–Trinajstić information content (AvgIpc) is 2.83. The van der Waals surface area contributed by atoms with Crippen molar-refractivity contribution in [3.63, 3.8) is 0 Å². The van der Waals surface area contributed by atoms with E-state index in [9.17, 15) is 0 Å². The third-order valence-electron chi connectivity index (χ3n) is 4.21. The molecule has 3 nitrogen and oxygen atoms in total. The van der Waals surface area contributed by atoms with Gasteiger partial charge in [-0.1, -0.05) is 12.8 Å². The van der Waals surface area contributed by atoms with Crippen LogP contribution in [0.15, 0.2) is 0 Å². The molecular formula is C13H26N2O. The minimum Gasteiger partial charge on any atom is -0.395 e. The van der Waals surface area contributed by atoms with Crippen LogP contribution < -0.4 is 10.6 Å². The van der Waals surface area contributed by atoms with Gasteiger partial charge in [0.05, 0.1) is 6.61 Å². The van der Waals surface area contributed by atoms with E-state index in [-0.39, 0.29) is 12.6 Å². The van der Waals surface area contributed by atoms with Crippen molar-refractivity contribution in [3.05, 3.63) is 0 Å². The summed E-state index contributed by atoms with van der Waals surface area (Å²) < 4.78 is 0. The Kier molecular flexibility index (Phi) is 4.62. The molecular weight excluding hydrogens is 200 g/mol. The lowest BCUT2D eigenvalue weighted by atomic mass is 9.79. The van der Waals surface area contributed by atoms with Gasteiger partial charge in [0.1, 0.15) is 0 Å². The molecule has 3 heteroatoms. The molecule has 1 heterocycles. The second-order valence-corrected chi connectivity index (χ2v) is 5.51. The van der Waals surface area contributed by atoms with Crippen molar-refractivity contribution in [2.75, 3.05) is 13.2 Å². The summed E-state index contributed by atoms with van der Waals surface area (Å²) in [7, 11) is 0. The van der Waals surface area contributed by atoms with Crippen molar-refractivity contribution in [2.45, 2.75) is 63.6 Å². The van der Waals surface area contributed by atoms with Crippen molar-refractivity contribution in [3.8, 4) is 0 Å². The van der Waals surface area contributed by atoms with Gasteiger partial charge in [0, 0.05) is 18.1 Å². The molecule has 4 atom stereocenters. The Morgan fingerprint density at radius 1 is 1.25 bits per heavy atom. The van der Waals surface area contributed by atoms with Crippen LogP contribution in [0.5, 0.6) is 0 Å². The lowest BCUT2D eigenvalue weighted by Gasteiger charge is -2.37. The topological polar surface area (TPSA) is 44.3 Å². The van der Waals surface area contributed by atoms with Gasteiger partial charge in [-0.15, -0.1) is 0 Å². The molecule has 2 rings (SSSR count). The van der Waals surface area contributed by atoms with E-state index >= 15 is 0 Å². The van der Waals surface area contributed by atoms with Gasteiger partial charge in [-0.2, -0.15) is 0 Å². The summed E-state index contributed by atoms with van der Waals surface area (Å²) >= 11 is 0. The van der Waals surface area contributed by atoms with Crippen molar-refractivity contribution in [1.82, 2.24) is 10.6 Å². The SMILES string of the molecule is C[C@H](CO)NC1CCCCC1C1CCCN1. The van der Waals surface area contributed by atoms with E-state index in [2.05, 4.69) is 17.6 Å². The predicted octanol–water partition coefficient (Wildman–Crippen LogP) is 1.27. The second kappa shape index (κ2) is 5.99. The van der Waals surface area contributed by atoms with Gasteiger partial charge in [-0.25, -0.2) is 0 Å². The highest BCUT2D eigenvalue weighted by atomic mass is 16.3. The van der Waals surface area contributed by atoms with Crippen LogP contribution in [0.25, 0.3) is 0 Å². The third kappa shape index (κ3) is 2.96. The van der Waals surface area contributed by atoms with Crippen LogP contribution in [0.4, 0.5) is 0 Å². The molecule has 1 saturated heterocycles. The van der Waals surface area contributed by atoms with Crippen LogP contribution >= 0.6 is 0 Å². The van der Waals surface area contributed by atoms with E-state index in [1.165, 1.54) is 45.1 Å². The Balaban J connectivity index is 1.90. The summed E-state index contributed by atoms with van der Waals surface area (Å²) in [6.07, 6.45) is 8.05. The molecule has 0 aromatic heterocycles. The predicted molar refractivity (Wildman–Crippen MR) is 66.5 cm³/mol. The summed E-state index contributed by atoms with van der Waals surface area (Å²) in [6, 6.07) is 1.59. The molecule has 0 amide bonds. The van der Waals surface area contributed by atoms with E-state index in [0.29, 0.717) is 6.04 Å². The van der Waals surface area contributed by atoms with E-state index in [4.69, 9.17) is 5.11 Å². The van der Waals surface area contributed by atoms with Crippen LogP contribution in [0.1, 0.15) is 45.4 Å². The number of nitrogens with one attached hydrogen (secondary N) is 2. The summed E-state index contributed by atoms with van der Waals surface area (Å²) in [5.41, 5.74) is 0. The van der Waals surface area contributed by atoms with Gasteiger partial charge in [0.15, 0.2) is 0 Å². The number of hydrogen-bond acceptors (Lipinski definition) is 3. The molecule has 1 aliphatic carbocycles. The molecule has 1 saturated carbocycles. The maximum atomic E-state index is 9.14. The van der Waals surface area contributed by atoms with Gasteiger partial charge in [0.2, 0.25) is 0 Å². The molecule has 0 spiro atoms. The number of aliphatic hydroxyl groups excluding tert-OH is 1. The number of hydrogen-bond donors (Lipinski definition) is 3. The van der Waals surface area contributed by atoms with E-state index in [1.807, 2.05) is 0 Å². The highest BCUT2D eigenvalue weighted by Gasteiger charge is 2.33. The first-order chi connectivity index (χ1) is 7.81. The zero-order valence-electron chi connectivity index (χ0n) is 10.4. The van der Waals surface area contributed by atoms with Crippen LogP contribution in [0.2, 0.25) is 0 Å². The first kappa shape index (κ1) is 12.3. The Morgan fingerprint density at radius 2 is 2.06 bits per heavy atom. The molecule has 0 aromatic rings. The first-order valence-corrected chi connectivity index (χ1v) is 6.91. The van der Waals surface area contributed by atoms with Crippen LogP contribution in [-0.4, -0.2) is 36.4 Å². The van der Waals surface area contributed by atoms with Crippen molar-refractivity contribution in [2.24, 2.45) is 5.92 Å². The van der Waals surface area contributed by atoms with Crippen LogP contribution in [-0.2, 0) is 0 Å². The number of aliphatic hydroxyl groups is 1. The standard InChI is InChI=1S/C13H26N2O/c1-10(9-16)15-13-6-3-2-5-11(13)12-7-4-8-14-12/h10-16H,2-9H2,1H3/t10-,11?,12?,13?/m1/s1. The lowest BCUT2D eigenvalue weighted by molar-refractivity contribution is 0.174. The Morgan fingerprint density at radius 3 is 2.75 bits per heavy atom. The van der Waals surface area contributed by atoms with E-state index in [0.717, 1.165) is 12.0 Å². The van der Waals surface area contributed by atoms with Gasteiger partial charge in [-0.05, 0) is 45.1 Å². The van der Waals surface area contributed by atoms with Crippen molar-refractivity contribution >= 4 is 0 Å². The second-order valence-electron chi connectivity index (χ2n) is 5.51. The largest absolute Gasteiger partial charge is 0.395 e. The minimum atomic E-state index is 0.243. The summed E-state index contributed by atoms with van der Waals surface area (Å²) in [5, 5.41) is 16.4. The zero-order valence-corrected chi connectivity index (χ0v) is 10.4. The molecule has 94 valence electrons. The fourth-order valence-corrected chi connectivity index (χ4v) is 3.34. The van der Waals surface area contributed by atoms with Crippen molar-refractivity contribution in [1.29, 1.82) is 0 Å². The molecule has 3 N–H and O–H groups in total. The molecule has 16 heavy (non-hydrogen) atoms. The fraction of sp³-hybridized carbons (Fsp3) is 1.00. The van der Waals surface area contributed by atoms with Crippen LogP contribution in [0, 0.1) is 5.92 Å². The fourth-order valence-electron chi connectivity index (χ4n) is 3.34. The molecule has 0 aromatic carbocycles. The molecule has 0 bridgehead atoms. The minimum absolute atomic E-state index is 0.243. The highest BCUT2D eigenvalue weighted by Crippen LogP contribution is 2.30. The Hall–Kier alpha value is -0.120. The normalized spacial score (nSPS) is 37.5. The molecule has 0 radical (unpaired) electrons. The van der Waals surface area contributed by atoms with Gasteiger partial charge >= 0.3 is 0 Å². The zero-order chi connectivity index (χ0) is 11.4. The Bertz CT molecular complexity index is 204. The summed E-state index contributed by atoms with van der Waals surface area (Å²) in [6.45, 7) is 3.53. The maximum Gasteiger partial charge on any atom is 0.0582 e. The maximum absolute atomic E-state index is 9.14. The lowest BCUT2D eigenvalue weighted by Crippen LogP contribution is -2.50. The van der Waals surface area contributed by atoms with Gasteiger partial charge in [0.25, 0.3) is 0 Å². The van der Waals surface area contributed by atoms with E-state index < -0.39 is 0 Å². The summed E-state index contributed by atoms with van der Waals surface area (Å²) in [4.78, 5) is 0. The van der Waals surface area contributed by atoms with Gasteiger partial charge in [-0.3, -0.25) is 0 Å². The molecule has 1 aliphatic heterocycles. The quantitative estimate of drug-likeness (QED) is 0.676. The molecule has 2 aliphatic rings. The number of rotatable bonds is 4. The smallest absolute Gasteiger partial charge is 0.0582 e. The molecule has 3 unspecified atom stereocenters. The third-order valence-corrected chi connectivity index (χ3v) is 4.21.